The summed E-state index contributed by atoms with van der Waals surface area (Å²) in [5.74, 6) is -7.84. The molecule has 0 fully saturated rings. The molecule has 0 aliphatic carbocycles. The Bertz CT molecular complexity index is 511. The maximum Gasteiger partial charge on any atom is 0.463 e. The zero-order chi connectivity index (χ0) is 15.7. The van der Waals surface area contributed by atoms with E-state index in [4.69, 9.17) is 0 Å². The van der Waals surface area contributed by atoms with Crippen LogP contribution in [0.25, 0.3) is 0 Å². The number of hydrogen-bond acceptors (Lipinski definition) is 2. The molecular weight excluding hydrogens is 283 g/mol. The van der Waals surface area contributed by atoms with E-state index in [-0.39, 0.29) is 5.69 Å². The highest BCUT2D eigenvalue weighted by molar-refractivity contribution is 5.97. The molecule has 0 atom stereocenters. The van der Waals surface area contributed by atoms with E-state index in [9.17, 15) is 26.7 Å². The zero-order valence-corrected chi connectivity index (χ0v) is 11.0. The van der Waals surface area contributed by atoms with E-state index in [0.29, 0.717) is 5.69 Å². The van der Waals surface area contributed by atoms with Crippen LogP contribution >= 0.6 is 0 Å². The topological polar surface area (TPSA) is 32.3 Å². The fraction of sp³-hybridized carbons (Fsp3) is 0.417. The molecule has 1 rings (SSSR count). The molecule has 0 aliphatic heterocycles. The third-order valence-electron chi connectivity index (χ3n) is 2.59. The van der Waals surface area contributed by atoms with E-state index in [2.05, 4.69) is 0 Å². The Morgan fingerprint density at radius 1 is 1.15 bits per heavy atom. The van der Waals surface area contributed by atoms with Gasteiger partial charge in [-0.15, -0.1) is 0 Å². The summed E-state index contributed by atoms with van der Waals surface area (Å²) in [4.78, 5) is 12.7. The smallest absolute Gasteiger partial charge is 0.377 e. The number of carbonyl (C=O) groups is 1. The van der Waals surface area contributed by atoms with Crippen molar-refractivity contribution in [1.29, 1.82) is 0 Å². The number of alkyl halides is 5. The van der Waals surface area contributed by atoms with E-state index < -0.39 is 18.0 Å². The van der Waals surface area contributed by atoms with E-state index in [1.54, 1.807) is 31.2 Å². The molecule has 0 aliphatic rings. The van der Waals surface area contributed by atoms with Gasteiger partial charge in [-0.05, 0) is 24.6 Å². The highest BCUT2D eigenvalue weighted by Crippen LogP contribution is 2.36. The fourth-order valence-corrected chi connectivity index (χ4v) is 1.51. The predicted octanol–water partition coefficient (Wildman–Crippen LogP) is 3.20. The standard InChI is InChI=1S/C12H13F5N2O/c1-7-4-5-8(6-9(7)19(2)3)18-10(20)11(13,14)12(15,16)17/h4-6H,1-3H3,(H,18,20). The van der Waals surface area contributed by atoms with E-state index in [1.165, 1.54) is 18.2 Å². The lowest BCUT2D eigenvalue weighted by atomic mass is 10.1. The van der Waals surface area contributed by atoms with Crippen molar-refractivity contribution in [3.8, 4) is 0 Å². The third kappa shape index (κ3) is 3.17. The Morgan fingerprint density at radius 3 is 2.15 bits per heavy atom. The lowest BCUT2D eigenvalue weighted by Crippen LogP contribution is -2.47. The number of halogens is 5. The second-order valence-electron chi connectivity index (χ2n) is 4.42. The van der Waals surface area contributed by atoms with Crippen molar-refractivity contribution in [2.24, 2.45) is 0 Å². The van der Waals surface area contributed by atoms with Gasteiger partial charge in [-0.1, -0.05) is 6.07 Å². The van der Waals surface area contributed by atoms with Crippen LogP contribution in [0.3, 0.4) is 0 Å². The first-order chi connectivity index (χ1) is 8.96. The average Bonchev–Trinajstić information content (AvgIpc) is 2.29. The number of hydrogen-bond donors (Lipinski definition) is 1. The molecule has 3 nitrogen and oxygen atoms in total. The van der Waals surface area contributed by atoms with E-state index in [0.717, 1.165) is 5.56 Å². The molecule has 0 saturated carbocycles. The molecule has 1 aromatic carbocycles. The summed E-state index contributed by atoms with van der Waals surface area (Å²) >= 11 is 0. The molecule has 0 aromatic heterocycles. The molecule has 1 N–H and O–H groups in total. The fourth-order valence-electron chi connectivity index (χ4n) is 1.51. The van der Waals surface area contributed by atoms with Crippen LogP contribution in [0.2, 0.25) is 0 Å². The molecule has 0 saturated heterocycles. The Balaban J connectivity index is 3.00. The van der Waals surface area contributed by atoms with Gasteiger partial charge in [0.05, 0.1) is 0 Å². The Kier molecular flexibility index (Phi) is 4.26. The Labute approximate surface area is 112 Å². The van der Waals surface area contributed by atoms with Crippen LogP contribution in [0, 0.1) is 6.92 Å². The van der Waals surface area contributed by atoms with Crippen molar-refractivity contribution in [1.82, 2.24) is 0 Å². The number of nitrogens with one attached hydrogen (secondary N) is 1. The summed E-state index contributed by atoms with van der Waals surface area (Å²) in [6.07, 6.45) is -5.92. The van der Waals surface area contributed by atoms with Crippen LogP contribution in [0.5, 0.6) is 0 Å². The van der Waals surface area contributed by atoms with Crippen LogP contribution in [0.4, 0.5) is 33.3 Å². The number of carbonyl (C=O) groups excluding carboxylic acids is 1. The highest BCUT2D eigenvalue weighted by atomic mass is 19.4. The van der Waals surface area contributed by atoms with Crippen LogP contribution in [0.1, 0.15) is 5.56 Å². The van der Waals surface area contributed by atoms with Gasteiger partial charge in [-0.25, -0.2) is 0 Å². The van der Waals surface area contributed by atoms with Crippen molar-refractivity contribution in [2.45, 2.75) is 19.0 Å². The van der Waals surface area contributed by atoms with Crippen LogP contribution in [-0.2, 0) is 4.79 Å². The summed E-state index contributed by atoms with van der Waals surface area (Å²) in [7, 11) is 3.36. The van der Waals surface area contributed by atoms with Gasteiger partial charge in [0, 0.05) is 25.5 Å². The van der Waals surface area contributed by atoms with Gasteiger partial charge in [-0.2, -0.15) is 22.0 Å². The normalized spacial score (nSPS) is 12.2. The lowest BCUT2D eigenvalue weighted by molar-refractivity contribution is -0.267. The third-order valence-corrected chi connectivity index (χ3v) is 2.59. The van der Waals surface area contributed by atoms with Gasteiger partial charge in [0.2, 0.25) is 0 Å². The summed E-state index contributed by atoms with van der Waals surface area (Å²) in [5, 5.41) is 1.58. The van der Waals surface area contributed by atoms with Crippen molar-refractivity contribution in [2.75, 3.05) is 24.3 Å². The van der Waals surface area contributed by atoms with Gasteiger partial charge in [-0.3, -0.25) is 4.79 Å². The molecule has 8 heteroatoms. The number of anilines is 2. The van der Waals surface area contributed by atoms with Gasteiger partial charge in [0.1, 0.15) is 0 Å². The summed E-state index contributed by atoms with van der Waals surface area (Å²) in [6.45, 7) is 1.74. The van der Waals surface area contributed by atoms with Crippen LogP contribution in [0.15, 0.2) is 18.2 Å². The number of amides is 1. The van der Waals surface area contributed by atoms with Crippen molar-refractivity contribution < 1.29 is 26.7 Å². The molecule has 0 bridgehead atoms. The first-order valence-corrected chi connectivity index (χ1v) is 5.51. The SMILES string of the molecule is Cc1ccc(NC(=O)C(F)(F)C(F)(F)F)cc1N(C)C. The molecule has 0 radical (unpaired) electrons. The van der Waals surface area contributed by atoms with Crippen LogP contribution in [-0.4, -0.2) is 32.1 Å². The molecule has 1 amide bonds. The van der Waals surface area contributed by atoms with Gasteiger partial charge < -0.3 is 10.2 Å². The monoisotopic (exact) mass is 296 g/mol. The van der Waals surface area contributed by atoms with Gasteiger partial charge >= 0.3 is 18.0 Å². The number of nitrogens with zero attached hydrogens (tertiary/aromatic N) is 1. The molecular formula is C12H13F5N2O. The largest absolute Gasteiger partial charge is 0.463 e. The zero-order valence-electron chi connectivity index (χ0n) is 11.0. The van der Waals surface area contributed by atoms with E-state index >= 15 is 0 Å². The number of aryl methyl sites for hydroxylation is 1. The second kappa shape index (κ2) is 5.26. The minimum Gasteiger partial charge on any atom is -0.377 e. The summed E-state index contributed by atoms with van der Waals surface area (Å²) < 4.78 is 61.7. The van der Waals surface area contributed by atoms with Crippen molar-refractivity contribution in [3.05, 3.63) is 23.8 Å². The molecule has 0 unspecified atom stereocenters. The first kappa shape index (κ1) is 16.2. The summed E-state index contributed by atoms with van der Waals surface area (Å²) in [5.41, 5.74) is 1.25. The Hall–Kier alpha value is -1.86. The van der Waals surface area contributed by atoms with E-state index in [1.807, 2.05) is 0 Å². The molecule has 20 heavy (non-hydrogen) atoms. The minimum absolute atomic E-state index is 0.131. The first-order valence-electron chi connectivity index (χ1n) is 5.51. The second-order valence-corrected chi connectivity index (χ2v) is 4.42. The maximum absolute atomic E-state index is 12.8. The minimum atomic E-state index is -5.92. The number of benzene rings is 1. The quantitative estimate of drug-likeness (QED) is 0.869. The molecule has 1 aromatic rings. The van der Waals surface area contributed by atoms with Gasteiger partial charge in [0.25, 0.3) is 0 Å². The van der Waals surface area contributed by atoms with Crippen LogP contribution < -0.4 is 10.2 Å². The molecule has 0 heterocycles. The molecule has 112 valence electrons. The van der Waals surface area contributed by atoms with Gasteiger partial charge in [0.15, 0.2) is 0 Å². The predicted molar refractivity (Wildman–Crippen MR) is 65.1 cm³/mol. The summed E-state index contributed by atoms with van der Waals surface area (Å²) in [6, 6.07) is 4.09. The number of rotatable bonds is 3. The van der Waals surface area contributed by atoms with Crippen molar-refractivity contribution in [3.63, 3.8) is 0 Å². The van der Waals surface area contributed by atoms with Crippen molar-refractivity contribution >= 4 is 17.3 Å². The Morgan fingerprint density at radius 2 is 1.70 bits per heavy atom. The highest BCUT2D eigenvalue weighted by Gasteiger charge is 2.63. The maximum atomic E-state index is 12.8. The lowest BCUT2D eigenvalue weighted by Gasteiger charge is -2.20. The average molecular weight is 296 g/mol. The molecule has 0 spiro atoms.